The molecule has 5 nitrogen and oxygen atoms in total. The molecule has 0 bridgehead atoms. The van der Waals surface area contributed by atoms with E-state index < -0.39 is 5.60 Å². The molecule has 2 atom stereocenters. The van der Waals surface area contributed by atoms with Crippen LogP contribution in [0.25, 0.3) is 22.5 Å². The summed E-state index contributed by atoms with van der Waals surface area (Å²) in [5, 5.41) is 12.3. The van der Waals surface area contributed by atoms with Gasteiger partial charge < -0.3 is 14.8 Å². The van der Waals surface area contributed by atoms with Crippen LogP contribution in [0.4, 0.5) is 0 Å². The monoisotopic (exact) mass is 462 g/mol. The Hall–Kier alpha value is -1.99. The molecule has 4 rings (SSSR count). The average Bonchev–Trinajstić information content (AvgIpc) is 3.10. The Balaban J connectivity index is 1.61. The predicted octanol–water partition coefficient (Wildman–Crippen LogP) is 5.60. The highest BCUT2D eigenvalue weighted by molar-refractivity contribution is 7.99. The number of carbonyl (C=O) groups is 1. The highest BCUT2D eigenvalue weighted by Crippen LogP contribution is 2.35. The first-order valence-corrected chi connectivity index (χ1v) is 11.2. The molecule has 1 saturated heterocycles. The van der Waals surface area contributed by atoms with Gasteiger partial charge in [-0.2, -0.15) is 0 Å². The smallest absolute Gasteiger partial charge is 0.309 e. The summed E-state index contributed by atoms with van der Waals surface area (Å²) in [5.74, 6) is 0.121. The molecule has 0 aliphatic carbocycles. The van der Waals surface area contributed by atoms with Crippen molar-refractivity contribution in [1.29, 1.82) is 0 Å². The molecule has 156 valence electrons. The summed E-state index contributed by atoms with van der Waals surface area (Å²) in [6.45, 7) is 1.66. The van der Waals surface area contributed by atoms with Gasteiger partial charge in [0.1, 0.15) is 6.10 Å². The number of imidazole rings is 1. The van der Waals surface area contributed by atoms with Crippen LogP contribution in [0.2, 0.25) is 10.0 Å². The summed E-state index contributed by atoms with van der Waals surface area (Å²) in [7, 11) is 0. The summed E-state index contributed by atoms with van der Waals surface area (Å²) in [6, 6.07) is 15.0. The third kappa shape index (κ3) is 5.01. The number of H-pyrrole nitrogens is 1. The van der Waals surface area contributed by atoms with Gasteiger partial charge in [0.05, 0.1) is 23.4 Å². The van der Waals surface area contributed by atoms with Crippen LogP contribution in [0, 0.1) is 0 Å². The van der Waals surface area contributed by atoms with E-state index in [2.05, 4.69) is 4.98 Å². The fourth-order valence-corrected chi connectivity index (χ4v) is 4.58. The van der Waals surface area contributed by atoms with Crippen molar-refractivity contribution in [2.75, 3.05) is 5.75 Å². The molecule has 0 spiro atoms. The lowest BCUT2D eigenvalue weighted by atomic mass is 9.93. The number of aromatic nitrogens is 2. The molecule has 1 aliphatic rings. The van der Waals surface area contributed by atoms with Crippen LogP contribution >= 0.6 is 35.0 Å². The first kappa shape index (κ1) is 21.2. The van der Waals surface area contributed by atoms with Gasteiger partial charge in [-0.05, 0) is 31.2 Å². The van der Waals surface area contributed by atoms with Gasteiger partial charge in [-0.1, -0.05) is 59.2 Å². The van der Waals surface area contributed by atoms with Crippen LogP contribution in [0.5, 0.6) is 0 Å². The molecule has 2 aromatic carbocycles. The zero-order chi connectivity index (χ0) is 21.3. The summed E-state index contributed by atoms with van der Waals surface area (Å²) in [6.07, 6.45) is 0.0611. The highest BCUT2D eigenvalue weighted by Gasteiger charge is 2.36. The van der Waals surface area contributed by atoms with Crippen molar-refractivity contribution in [2.24, 2.45) is 0 Å². The third-order valence-electron chi connectivity index (χ3n) is 4.83. The van der Waals surface area contributed by atoms with Gasteiger partial charge in [-0.3, -0.25) is 4.79 Å². The Kier molecular flexibility index (Phi) is 6.11. The number of benzene rings is 2. The third-order valence-corrected chi connectivity index (χ3v) is 6.34. The van der Waals surface area contributed by atoms with E-state index in [4.69, 9.17) is 32.9 Å². The number of nitrogens with one attached hydrogen (secondary N) is 1. The van der Waals surface area contributed by atoms with Gasteiger partial charge >= 0.3 is 5.97 Å². The molecule has 1 fully saturated rings. The van der Waals surface area contributed by atoms with Gasteiger partial charge in [0.25, 0.3) is 0 Å². The second-order valence-corrected chi connectivity index (χ2v) is 9.46. The topological polar surface area (TPSA) is 75.2 Å². The SMILES string of the molecule is C[C@@]1(O)CC(=O)OC(CSc2nc(-c3ccc(Cl)cc3)c(-c3ccc(Cl)cc3)[nH]2)C1. The van der Waals surface area contributed by atoms with Gasteiger partial charge in [-0.15, -0.1) is 0 Å². The number of rotatable bonds is 5. The Morgan fingerprint density at radius 2 is 1.73 bits per heavy atom. The minimum atomic E-state index is -1.04. The molecular formula is C22H20Cl2N2O3S. The minimum absolute atomic E-state index is 0.0242. The standard InChI is InChI=1S/C22H20Cl2N2O3S/c1-22(28)10-17(29-18(27)11-22)12-30-21-25-19(13-2-6-15(23)7-3-13)20(26-21)14-4-8-16(24)9-5-14/h2-9,17,28H,10-12H2,1H3,(H,25,26)/t17?,22-/m0/s1. The van der Waals surface area contributed by atoms with E-state index in [0.29, 0.717) is 27.4 Å². The van der Waals surface area contributed by atoms with Crippen LogP contribution in [0.3, 0.4) is 0 Å². The van der Waals surface area contributed by atoms with Gasteiger partial charge in [0.15, 0.2) is 5.16 Å². The number of carbonyl (C=O) groups excluding carboxylic acids is 1. The lowest BCUT2D eigenvalue weighted by Gasteiger charge is -2.32. The number of hydrogen-bond donors (Lipinski definition) is 2. The molecule has 2 heterocycles. The van der Waals surface area contributed by atoms with Crippen molar-refractivity contribution in [3.05, 3.63) is 58.6 Å². The predicted molar refractivity (Wildman–Crippen MR) is 120 cm³/mol. The zero-order valence-electron chi connectivity index (χ0n) is 16.2. The summed E-state index contributed by atoms with van der Waals surface area (Å²) < 4.78 is 5.39. The molecule has 1 unspecified atom stereocenters. The van der Waals surface area contributed by atoms with E-state index in [1.807, 2.05) is 48.5 Å². The number of nitrogens with zero attached hydrogens (tertiary/aromatic N) is 1. The average molecular weight is 463 g/mol. The van der Waals surface area contributed by atoms with Crippen molar-refractivity contribution in [1.82, 2.24) is 9.97 Å². The minimum Gasteiger partial charge on any atom is -0.461 e. The number of aliphatic hydroxyl groups is 1. The van der Waals surface area contributed by atoms with Crippen LogP contribution in [-0.4, -0.2) is 38.5 Å². The maximum Gasteiger partial charge on any atom is 0.309 e. The Morgan fingerprint density at radius 1 is 1.13 bits per heavy atom. The van der Waals surface area contributed by atoms with E-state index in [9.17, 15) is 9.90 Å². The summed E-state index contributed by atoms with van der Waals surface area (Å²) in [4.78, 5) is 19.9. The van der Waals surface area contributed by atoms with Crippen LogP contribution in [0.1, 0.15) is 19.8 Å². The lowest BCUT2D eigenvalue weighted by Crippen LogP contribution is -2.41. The first-order valence-electron chi connectivity index (χ1n) is 9.46. The van der Waals surface area contributed by atoms with Crippen LogP contribution < -0.4 is 0 Å². The molecule has 0 radical (unpaired) electrons. The van der Waals surface area contributed by atoms with Crippen molar-refractivity contribution in [3.63, 3.8) is 0 Å². The fourth-order valence-electron chi connectivity index (χ4n) is 3.47. The lowest BCUT2D eigenvalue weighted by molar-refractivity contribution is -0.165. The Morgan fingerprint density at radius 3 is 2.33 bits per heavy atom. The number of cyclic esters (lactones) is 1. The molecule has 0 amide bonds. The van der Waals surface area contributed by atoms with Crippen LogP contribution in [0.15, 0.2) is 53.7 Å². The summed E-state index contributed by atoms with van der Waals surface area (Å²) >= 11 is 13.5. The normalized spacial score (nSPS) is 21.5. The molecule has 0 saturated carbocycles. The number of aromatic amines is 1. The van der Waals surface area contributed by atoms with Crippen molar-refractivity contribution in [3.8, 4) is 22.5 Å². The maximum absolute atomic E-state index is 11.7. The van der Waals surface area contributed by atoms with Gasteiger partial charge in [-0.25, -0.2) is 4.98 Å². The van der Waals surface area contributed by atoms with Gasteiger partial charge in [0.2, 0.25) is 0 Å². The highest BCUT2D eigenvalue weighted by atomic mass is 35.5. The molecular weight excluding hydrogens is 443 g/mol. The van der Waals surface area contributed by atoms with Crippen molar-refractivity contribution < 1.29 is 14.6 Å². The fraction of sp³-hybridized carbons (Fsp3) is 0.273. The van der Waals surface area contributed by atoms with Gasteiger partial charge in [0, 0.05) is 33.3 Å². The number of thioether (sulfide) groups is 1. The Bertz CT molecular complexity index is 986. The molecule has 1 aliphatic heterocycles. The molecule has 3 aromatic rings. The van der Waals surface area contributed by atoms with Crippen molar-refractivity contribution >= 4 is 40.9 Å². The van der Waals surface area contributed by atoms with E-state index in [1.54, 1.807) is 6.92 Å². The number of hydrogen-bond acceptors (Lipinski definition) is 5. The molecule has 30 heavy (non-hydrogen) atoms. The van der Waals surface area contributed by atoms with Crippen LogP contribution in [-0.2, 0) is 9.53 Å². The van der Waals surface area contributed by atoms with E-state index in [-0.39, 0.29) is 18.5 Å². The zero-order valence-corrected chi connectivity index (χ0v) is 18.5. The number of ether oxygens (including phenoxy) is 1. The second-order valence-electron chi connectivity index (χ2n) is 7.58. The van der Waals surface area contributed by atoms with Crippen molar-refractivity contribution in [2.45, 2.75) is 36.6 Å². The van der Waals surface area contributed by atoms with E-state index in [0.717, 1.165) is 22.5 Å². The maximum atomic E-state index is 11.7. The first-order chi connectivity index (χ1) is 14.3. The molecule has 2 N–H and O–H groups in total. The molecule has 8 heteroatoms. The second kappa shape index (κ2) is 8.63. The van der Waals surface area contributed by atoms with E-state index >= 15 is 0 Å². The molecule has 1 aromatic heterocycles. The Labute approximate surface area is 188 Å². The number of esters is 1. The largest absolute Gasteiger partial charge is 0.461 e. The van der Waals surface area contributed by atoms with E-state index in [1.165, 1.54) is 11.8 Å². The number of halogens is 2. The summed E-state index contributed by atoms with van der Waals surface area (Å²) in [5.41, 5.74) is 2.51. The quantitative estimate of drug-likeness (QED) is 0.381.